The summed E-state index contributed by atoms with van der Waals surface area (Å²) in [4.78, 5) is 14.1. The Bertz CT molecular complexity index is 682. The Morgan fingerprint density at radius 1 is 1.31 bits per heavy atom. The maximum atomic E-state index is 12.8. The summed E-state index contributed by atoms with van der Waals surface area (Å²) in [5, 5.41) is 13.3. The van der Waals surface area contributed by atoms with Gasteiger partial charge in [-0.25, -0.2) is 4.39 Å². The predicted octanol–water partition coefficient (Wildman–Crippen LogP) is 2.05. The molecule has 0 spiro atoms. The van der Waals surface area contributed by atoms with Crippen molar-refractivity contribution >= 4 is 5.91 Å². The highest BCUT2D eigenvalue weighted by Crippen LogP contribution is 2.15. The van der Waals surface area contributed by atoms with E-state index in [9.17, 15) is 14.3 Å². The van der Waals surface area contributed by atoms with E-state index in [0.29, 0.717) is 30.9 Å². The minimum atomic E-state index is -0.661. The summed E-state index contributed by atoms with van der Waals surface area (Å²) >= 11 is 0. The van der Waals surface area contributed by atoms with Crippen LogP contribution in [-0.4, -0.2) is 54.3 Å². The number of carbonyl (C=O) groups excluding carboxylic acids is 1. The van der Waals surface area contributed by atoms with Crippen LogP contribution >= 0.6 is 0 Å². The third kappa shape index (κ3) is 5.06. The van der Waals surface area contributed by atoms with Gasteiger partial charge in [0.1, 0.15) is 30.5 Å². The van der Waals surface area contributed by atoms with Crippen molar-refractivity contribution in [1.29, 1.82) is 0 Å². The topological polar surface area (TPSA) is 74.9 Å². The molecule has 2 N–H and O–H groups in total. The van der Waals surface area contributed by atoms with Crippen LogP contribution in [0.15, 0.2) is 47.3 Å². The SMILES string of the molecule is O=C(c1ccoc1)N1CCC(NC[C@@H](O)COc2ccc(F)cc2)CC1. The number of likely N-dealkylation sites (tertiary alicyclic amines) is 1. The van der Waals surface area contributed by atoms with Crippen molar-refractivity contribution < 1.29 is 23.4 Å². The quantitative estimate of drug-likeness (QED) is 0.789. The molecule has 2 heterocycles. The second-order valence-corrected chi connectivity index (χ2v) is 6.41. The second kappa shape index (κ2) is 8.82. The largest absolute Gasteiger partial charge is 0.491 e. The van der Waals surface area contributed by atoms with Crippen LogP contribution in [0, 0.1) is 5.82 Å². The average Bonchev–Trinajstić information content (AvgIpc) is 3.20. The van der Waals surface area contributed by atoms with Crippen LogP contribution in [0.25, 0.3) is 0 Å². The van der Waals surface area contributed by atoms with Crippen molar-refractivity contribution in [3.05, 3.63) is 54.2 Å². The number of hydrogen-bond donors (Lipinski definition) is 2. The first-order chi connectivity index (χ1) is 12.6. The summed E-state index contributed by atoms with van der Waals surface area (Å²) in [5.41, 5.74) is 0.574. The van der Waals surface area contributed by atoms with Gasteiger partial charge in [-0.3, -0.25) is 4.79 Å². The monoisotopic (exact) mass is 362 g/mol. The van der Waals surface area contributed by atoms with Crippen molar-refractivity contribution in [3.8, 4) is 5.75 Å². The van der Waals surface area contributed by atoms with Gasteiger partial charge in [0.05, 0.1) is 11.8 Å². The number of aliphatic hydroxyl groups is 1. The number of nitrogens with one attached hydrogen (secondary N) is 1. The fourth-order valence-corrected chi connectivity index (χ4v) is 2.94. The molecule has 0 saturated carbocycles. The van der Waals surface area contributed by atoms with Crippen LogP contribution < -0.4 is 10.1 Å². The molecule has 0 unspecified atom stereocenters. The van der Waals surface area contributed by atoms with Gasteiger partial charge in [0.2, 0.25) is 0 Å². The molecule has 1 aromatic carbocycles. The highest BCUT2D eigenvalue weighted by molar-refractivity contribution is 5.93. The van der Waals surface area contributed by atoms with Crippen LogP contribution in [-0.2, 0) is 0 Å². The molecule has 0 bridgehead atoms. The van der Waals surface area contributed by atoms with Crippen LogP contribution in [0.1, 0.15) is 23.2 Å². The normalized spacial score (nSPS) is 16.5. The summed E-state index contributed by atoms with van der Waals surface area (Å²) in [7, 11) is 0. The maximum Gasteiger partial charge on any atom is 0.257 e. The molecule has 1 amide bonds. The molecule has 7 heteroatoms. The molecule has 1 atom stereocenters. The molecule has 140 valence electrons. The Labute approximate surface area is 151 Å². The highest BCUT2D eigenvalue weighted by atomic mass is 19.1. The summed E-state index contributed by atoms with van der Waals surface area (Å²) < 4.78 is 23.2. The van der Waals surface area contributed by atoms with Crippen molar-refractivity contribution in [3.63, 3.8) is 0 Å². The van der Waals surface area contributed by atoms with Crippen molar-refractivity contribution in [2.45, 2.75) is 25.0 Å². The van der Waals surface area contributed by atoms with Gasteiger partial charge in [-0.05, 0) is 43.2 Å². The summed E-state index contributed by atoms with van der Waals surface area (Å²) in [6.07, 6.45) is 3.95. The molecule has 0 aliphatic carbocycles. The van der Waals surface area contributed by atoms with E-state index in [4.69, 9.17) is 9.15 Å². The fraction of sp³-hybridized carbons (Fsp3) is 0.421. The number of nitrogens with zero attached hydrogens (tertiary/aromatic N) is 1. The van der Waals surface area contributed by atoms with Crippen LogP contribution in [0.2, 0.25) is 0 Å². The first kappa shape index (κ1) is 18.4. The van der Waals surface area contributed by atoms with Gasteiger partial charge in [0.25, 0.3) is 5.91 Å². The van der Waals surface area contributed by atoms with E-state index in [1.807, 2.05) is 4.90 Å². The zero-order valence-corrected chi connectivity index (χ0v) is 14.4. The Morgan fingerprint density at radius 3 is 2.69 bits per heavy atom. The molecule has 0 radical (unpaired) electrons. The number of furan rings is 1. The molecule has 1 aliphatic heterocycles. The average molecular weight is 362 g/mol. The van der Waals surface area contributed by atoms with E-state index in [0.717, 1.165) is 12.8 Å². The second-order valence-electron chi connectivity index (χ2n) is 6.41. The van der Waals surface area contributed by atoms with Crippen LogP contribution in [0.3, 0.4) is 0 Å². The first-order valence-electron chi connectivity index (χ1n) is 8.73. The van der Waals surface area contributed by atoms with E-state index in [1.54, 1.807) is 6.07 Å². The number of amides is 1. The number of piperidine rings is 1. The fourth-order valence-electron chi connectivity index (χ4n) is 2.94. The zero-order valence-electron chi connectivity index (χ0n) is 14.4. The lowest BCUT2D eigenvalue weighted by Gasteiger charge is -2.32. The zero-order chi connectivity index (χ0) is 18.4. The number of rotatable bonds is 7. The lowest BCUT2D eigenvalue weighted by molar-refractivity contribution is 0.0685. The number of carbonyl (C=O) groups is 1. The molecule has 1 aliphatic rings. The Balaban J connectivity index is 1.34. The van der Waals surface area contributed by atoms with Crippen LogP contribution in [0.4, 0.5) is 4.39 Å². The third-order valence-corrected chi connectivity index (χ3v) is 4.45. The Morgan fingerprint density at radius 2 is 2.04 bits per heavy atom. The van der Waals surface area contributed by atoms with Gasteiger partial charge >= 0.3 is 0 Å². The number of benzene rings is 1. The summed E-state index contributed by atoms with van der Waals surface area (Å²) in [6.45, 7) is 1.88. The molecular weight excluding hydrogens is 339 g/mol. The van der Waals surface area contributed by atoms with Gasteiger partial charge in [-0.15, -0.1) is 0 Å². The number of aliphatic hydroxyl groups excluding tert-OH is 1. The molecule has 2 aromatic rings. The summed E-state index contributed by atoms with van der Waals surface area (Å²) in [5.74, 6) is 0.193. The molecule has 26 heavy (non-hydrogen) atoms. The number of hydrogen-bond acceptors (Lipinski definition) is 5. The standard InChI is InChI=1S/C19H23FN2O4/c20-15-1-3-18(4-2-15)26-13-17(23)11-21-16-5-8-22(9-6-16)19(24)14-7-10-25-12-14/h1-4,7,10,12,16-17,21,23H,5-6,8-9,11,13H2/t17-/m1/s1. The van der Waals surface area contributed by atoms with Gasteiger partial charge in [0.15, 0.2) is 0 Å². The number of ether oxygens (including phenoxy) is 1. The van der Waals surface area contributed by atoms with Crippen molar-refractivity contribution in [2.75, 3.05) is 26.2 Å². The number of halogens is 1. The first-order valence-corrected chi connectivity index (χ1v) is 8.73. The lowest BCUT2D eigenvalue weighted by atomic mass is 10.0. The van der Waals surface area contributed by atoms with Crippen molar-refractivity contribution in [2.24, 2.45) is 0 Å². The van der Waals surface area contributed by atoms with E-state index in [2.05, 4.69) is 5.32 Å². The molecule has 1 fully saturated rings. The van der Waals surface area contributed by atoms with E-state index in [-0.39, 0.29) is 24.4 Å². The highest BCUT2D eigenvalue weighted by Gasteiger charge is 2.24. The van der Waals surface area contributed by atoms with Gasteiger partial charge in [0, 0.05) is 25.7 Å². The Hall–Kier alpha value is -2.38. The Kier molecular flexibility index (Phi) is 6.25. The maximum absolute atomic E-state index is 12.8. The molecular formula is C19H23FN2O4. The minimum absolute atomic E-state index is 0.00932. The molecule has 1 saturated heterocycles. The van der Waals surface area contributed by atoms with E-state index < -0.39 is 6.10 Å². The summed E-state index contributed by atoms with van der Waals surface area (Å²) in [6, 6.07) is 7.62. The molecule has 1 aromatic heterocycles. The van der Waals surface area contributed by atoms with E-state index in [1.165, 1.54) is 36.8 Å². The van der Waals surface area contributed by atoms with Gasteiger partial charge < -0.3 is 24.5 Å². The van der Waals surface area contributed by atoms with Gasteiger partial charge in [-0.2, -0.15) is 0 Å². The van der Waals surface area contributed by atoms with Crippen molar-refractivity contribution in [1.82, 2.24) is 10.2 Å². The third-order valence-electron chi connectivity index (χ3n) is 4.45. The molecule has 6 nitrogen and oxygen atoms in total. The van der Waals surface area contributed by atoms with Crippen LogP contribution in [0.5, 0.6) is 5.75 Å². The minimum Gasteiger partial charge on any atom is -0.491 e. The van der Waals surface area contributed by atoms with Gasteiger partial charge in [-0.1, -0.05) is 0 Å². The predicted molar refractivity (Wildman–Crippen MR) is 93.5 cm³/mol. The smallest absolute Gasteiger partial charge is 0.257 e. The lowest BCUT2D eigenvalue weighted by Crippen LogP contribution is -2.47. The van der Waals surface area contributed by atoms with E-state index >= 15 is 0 Å². The molecule has 3 rings (SSSR count).